The Kier molecular flexibility index (Phi) is 1.71. The lowest BCUT2D eigenvalue weighted by Gasteiger charge is -2.22. The molecule has 0 radical (unpaired) electrons. The van der Waals surface area contributed by atoms with Gasteiger partial charge in [-0.3, -0.25) is 4.79 Å². The van der Waals surface area contributed by atoms with Gasteiger partial charge >= 0.3 is 0 Å². The molecule has 1 amide bonds. The Hall–Kier alpha value is -0.880. The highest BCUT2D eigenvalue weighted by atomic mass is 32.2. The average molecular weight is 217 g/mol. The van der Waals surface area contributed by atoms with Gasteiger partial charge in [0.2, 0.25) is 5.91 Å². The fourth-order valence-electron chi connectivity index (χ4n) is 1.22. The molecular formula is C7H7NO3S2. The van der Waals surface area contributed by atoms with Gasteiger partial charge in [-0.1, -0.05) is 0 Å². The standard InChI is InChI=1S/C7H7NO3S2/c1-8-7(9)2-5-3-12-4-6(5)13(8,10)11/h3-4H,2H2,1H3. The number of amides is 1. The van der Waals surface area contributed by atoms with Crippen molar-refractivity contribution in [2.45, 2.75) is 11.3 Å². The van der Waals surface area contributed by atoms with Gasteiger partial charge in [-0.05, 0) is 10.9 Å². The molecule has 0 atom stereocenters. The summed E-state index contributed by atoms with van der Waals surface area (Å²) >= 11 is 1.30. The highest BCUT2D eigenvalue weighted by molar-refractivity contribution is 7.90. The molecule has 0 saturated carbocycles. The van der Waals surface area contributed by atoms with E-state index in [-0.39, 0.29) is 17.2 Å². The average Bonchev–Trinajstić information content (AvgIpc) is 2.49. The largest absolute Gasteiger partial charge is 0.273 e. The number of hydrogen-bond acceptors (Lipinski definition) is 4. The number of rotatable bonds is 0. The molecule has 0 unspecified atom stereocenters. The summed E-state index contributed by atoms with van der Waals surface area (Å²) in [6, 6.07) is 0. The Labute approximate surface area is 79.8 Å². The zero-order valence-electron chi connectivity index (χ0n) is 6.85. The molecule has 70 valence electrons. The quantitative estimate of drug-likeness (QED) is 0.634. The van der Waals surface area contributed by atoms with Gasteiger partial charge in [-0.15, -0.1) is 0 Å². The first-order valence-corrected chi connectivity index (χ1v) is 5.98. The van der Waals surface area contributed by atoms with Crippen molar-refractivity contribution < 1.29 is 13.2 Å². The molecule has 2 rings (SSSR count). The number of thiophene rings is 1. The van der Waals surface area contributed by atoms with Crippen LogP contribution in [0.5, 0.6) is 0 Å². The highest BCUT2D eigenvalue weighted by Crippen LogP contribution is 2.28. The summed E-state index contributed by atoms with van der Waals surface area (Å²) in [6.45, 7) is 0. The molecule has 0 aliphatic carbocycles. The van der Waals surface area contributed by atoms with Crippen molar-refractivity contribution in [2.24, 2.45) is 0 Å². The third kappa shape index (κ3) is 1.09. The van der Waals surface area contributed by atoms with E-state index in [1.165, 1.54) is 18.4 Å². The predicted molar refractivity (Wildman–Crippen MR) is 48.0 cm³/mol. The maximum Gasteiger partial charge on any atom is 0.267 e. The zero-order chi connectivity index (χ0) is 9.64. The minimum Gasteiger partial charge on any atom is -0.273 e. The Morgan fingerprint density at radius 1 is 1.46 bits per heavy atom. The Balaban J connectivity index is 2.71. The lowest BCUT2D eigenvalue weighted by atomic mass is 10.2. The molecule has 0 spiro atoms. The van der Waals surface area contributed by atoms with Crippen LogP contribution >= 0.6 is 11.3 Å². The molecule has 1 aromatic heterocycles. The van der Waals surface area contributed by atoms with Gasteiger partial charge in [-0.25, -0.2) is 12.7 Å². The molecule has 0 N–H and O–H groups in total. The second-order valence-corrected chi connectivity index (χ2v) is 5.49. The smallest absolute Gasteiger partial charge is 0.267 e. The van der Waals surface area contributed by atoms with Crippen LogP contribution in [0.1, 0.15) is 5.56 Å². The molecule has 4 nitrogen and oxygen atoms in total. The van der Waals surface area contributed by atoms with E-state index in [0.29, 0.717) is 5.56 Å². The summed E-state index contributed by atoms with van der Waals surface area (Å²) in [4.78, 5) is 11.5. The number of carbonyl (C=O) groups excluding carboxylic acids is 1. The van der Waals surface area contributed by atoms with Crippen molar-refractivity contribution in [1.29, 1.82) is 0 Å². The fraction of sp³-hybridized carbons (Fsp3) is 0.286. The summed E-state index contributed by atoms with van der Waals surface area (Å²) in [5, 5.41) is 3.27. The number of carbonyl (C=O) groups is 1. The minimum atomic E-state index is -3.53. The number of hydrogen-bond donors (Lipinski definition) is 0. The van der Waals surface area contributed by atoms with Gasteiger partial charge < -0.3 is 0 Å². The van der Waals surface area contributed by atoms with Gasteiger partial charge in [0.15, 0.2) is 0 Å². The monoisotopic (exact) mass is 217 g/mol. The topological polar surface area (TPSA) is 54.5 Å². The summed E-state index contributed by atoms with van der Waals surface area (Å²) in [5.41, 5.74) is 0.619. The van der Waals surface area contributed by atoms with Crippen molar-refractivity contribution in [2.75, 3.05) is 7.05 Å². The molecule has 1 aromatic rings. The summed E-state index contributed by atoms with van der Waals surface area (Å²) in [5.74, 6) is -0.370. The summed E-state index contributed by atoms with van der Waals surface area (Å²) in [6.07, 6.45) is 0.189. The maximum atomic E-state index is 11.6. The molecule has 2 heterocycles. The van der Waals surface area contributed by atoms with Crippen molar-refractivity contribution in [3.63, 3.8) is 0 Å². The van der Waals surface area contributed by atoms with Crippen LogP contribution in [0, 0.1) is 0 Å². The molecule has 0 aromatic carbocycles. The molecule has 1 aliphatic heterocycles. The molecule has 6 heteroatoms. The van der Waals surface area contributed by atoms with Gasteiger partial charge in [0, 0.05) is 12.4 Å². The SMILES string of the molecule is CN1C(=O)Cc2cscc2S1(=O)=O. The van der Waals surface area contributed by atoms with Crippen LogP contribution in [0.25, 0.3) is 0 Å². The van der Waals surface area contributed by atoms with Gasteiger partial charge in [0.1, 0.15) is 4.90 Å². The lowest BCUT2D eigenvalue weighted by molar-refractivity contribution is -0.125. The van der Waals surface area contributed by atoms with Gasteiger partial charge in [0.05, 0.1) is 6.42 Å². The van der Waals surface area contributed by atoms with E-state index in [4.69, 9.17) is 0 Å². The molecule has 0 fully saturated rings. The molecule has 0 saturated heterocycles. The van der Waals surface area contributed by atoms with Gasteiger partial charge in [0.25, 0.3) is 10.0 Å². The normalized spacial score (nSPS) is 20.1. The van der Waals surface area contributed by atoms with E-state index < -0.39 is 10.0 Å². The minimum absolute atomic E-state index is 0.189. The van der Waals surface area contributed by atoms with Crippen molar-refractivity contribution in [3.05, 3.63) is 16.3 Å². The van der Waals surface area contributed by atoms with E-state index in [2.05, 4.69) is 0 Å². The number of sulfonamides is 1. The predicted octanol–water partition coefficient (Wildman–Crippen LogP) is 0.451. The van der Waals surface area contributed by atoms with Crippen molar-refractivity contribution >= 4 is 27.3 Å². The van der Waals surface area contributed by atoms with Crippen molar-refractivity contribution in [1.82, 2.24) is 4.31 Å². The van der Waals surface area contributed by atoms with Crippen LogP contribution < -0.4 is 0 Å². The first kappa shape index (κ1) is 8.71. The third-order valence-corrected chi connectivity index (χ3v) is 4.84. The summed E-state index contributed by atoms with van der Waals surface area (Å²) in [7, 11) is -2.24. The lowest BCUT2D eigenvalue weighted by Crippen LogP contribution is -2.38. The molecular weight excluding hydrogens is 210 g/mol. The van der Waals surface area contributed by atoms with Crippen LogP contribution in [0.3, 0.4) is 0 Å². The second-order valence-electron chi connectivity index (χ2n) is 2.80. The number of likely N-dealkylation sites (N-methyl/N-ethyl adjacent to an activating group) is 1. The van der Waals surface area contributed by atoms with E-state index in [1.54, 1.807) is 10.8 Å². The summed E-state index contributed by atoms with van der Waals surface area (Å²) < 4.78 is 24.0. The maximum absolute atomic E-state index is 11.6. The third-order valence-electron chi connectivity index (χ3n) is 2.03. The Bertz CT molecular complexity index is 460. The van der Waals surface area contributed by atoms with E-state index in [0.717, 1.165) is 4.31 Å². The molecule has 0 bridgehead atoms. The second kappa shape index (κ2) is 2.55. The van der Waals surface area contributed by atoms with Crippen LogP contribution in [0.4, 0.5) is 0 Å². The highest BCUT2D eigenvalue weighted by Gasteiger charge is 2.34. The Morgan fingerprint density at radius 2 is 2.15 bits per heavy atom. The first-order valence-electron chi connectivity index (χ1n) is 3.60. The van der Waals surface area contributed by atoms with Crippen molar-refractivity contribution in [3.8, 4) is 0 Å². The van der Waals surface area contributed by atoms with Crippen LogP contribution in [-0.2, 0) is 21.2 Å². The molecule has 13 heavy (non-hydrogen) atoms. The van der Waals surface area contributed by atoms with E-state index in [9.17, 15) is 13.2 Å². The number of fused-ring (bicyclic) bond motifs is 1. The fourth-order valence-corrected chi connectivity index (χ4v) is 3.76. The van der Waals surface area contributed by atoms with E-state index in [1.807, 2.05) is 0 Å². The van der Waals surface area contributed by atoms with Crippen LogP contribution in [-0.4, -0.2) is 25.7 Å². The number of nitrogens with zero attached hydrogens (tertiary/aromatic N) is 1. The van der Waals surface area contributed by atoms with Crippen LogP contribution in [0.2, 0.25) is 0 Å². The van der Waals surface area contributed by atoms with Crippen LogP contribution in [0.15, 0.2) is 15.7 Å². The van der Waals surface area contributed by atoms with Gasteiger partial charge in [-0.2, -0.15) is 11.3 Å². The first-order chi connectivity index (χ1) is 6.03. The Morgan fingerprint density at radius 3 is 2.85 bits per heavy atom. The molecule has 1 aliphatic rings. The van der Waals surface area contributed by atoms with E-state index >= 15 is 0 Å². The zero-order valence-corrected chi connectivity index (χ0v) is 8.48.